The van der Waals surface area contributed by atoms with Gasteiger partial charge in [-0.2, -0.15) is 0 Å². The van der Waals surface area contributed by atoms with Crippen molar-refractivity contribution in [3.05, 3.63) is 34.8 Å². The van der Waals surface area contributed by atoms with Crippen LogP contribution < -0.4 is 19.1 Å². The highest BCUT2D eigenvalue weighted by atomic mass is 32.1. The Labute approximate surface area is 173 Å². The summed E-state index contributed by atoms with van der Waals surface area (Å²) in [7, 11) is 4.59. The quantitative estimate of drug-likeness (QED) is 0.567. The van der Waals surface area contributed by atoms with E-state index in [4.69, 9.17) is 19.2 Å². The number of ketones is 1. The van der Waals surface area contributed by atoms with Crippen LogP contribution in [-0.4, -0.2) is 50.2 Å². The maximum absolute atomic E-state index is 13.5. The molecule has 7 nitrogen and oxygen atoms in total. The van der Waals surface area contributed by atoms with Gasteiger partial charge >= 0.3 is 0 Å². The number of rotatable bonds is 6. The molecule has 1 saturated heterocycles. The Morgan fingerprint density at radius 1 is 1.00 bits per heavy atom. The Kier molecular flexibility index (Phi) is 5.53. The Balaban J connectivity index is 1.82. The third-order valence-electron chi connectivity index (χ3n) is 5.07. The van der Waals surface area contributed by atoms with Crippen LogP contribution in [0.5, 0.6) is 17.2 Å². The Morgan fingerprint density at radius 2 is 1.69 bits per heavy atom. The number of hydrogen-bond donors (Lipinski definition) is 0. The van der Waals surface area contributed by atoms with Crippen LogP contribution in [-0.2, 0) is 0 Å². The molecule has 0 radical (unpaired) electrons. The Morgan fingerprint density at radius 3 is 2.31 bits per heavy atom. The standard InChI is InChI=1S/C21H23N3O4S/c1-26-15-11-13(12-16(27-2)19(15)28-3)18(25)17-20-14(7-10-29-20)22-21(23-17)24-8-5-4-6-9-24/h7,10-12H,4-6,8-9H2,1-3H3. The van der Waals surface area contributed by atoms with Gasteiger partial charge in [0, 0.05) is 18.7 Å². The third-order valence-corrected chi connectivity index (χ3v) is 5.98. The van der Waals surface area contributed by atoms with Gasteiger partial charge in [-0.25, -0.2) is 9.97 Å². The molecule has 1 aromatic carbocycles. The number of carbonyl (C=O) groups excluding carboxylic acids is 1. The lowest BCUT2D eigenvalue weighted by Gasteiger charge is -2.26. The Hall–Kier alpha value is -2.87. The highest BCUT2D eigenvalue weighted by Crippen LogP contribution is 2.39. The highest BCUT2D eigenvalue weighted by molar-refractivity contribution is 7.17. The van der Waals surface area contributed by atoms with Gasteiger partial charge in [-0.1, -0.05) is 0 Å². The number of thiophene rings is 1. The fourth-order valence-electron chi connectivity index (χ4n) is 3.59. The lowest BCUT2D eigenvalue weighted by molar-refractivity contribution is 0.103. The second-order valence-electron chi connectivity index (χ2n) is 6.80. The second-order valence-corrected chi connectivity index (χ2v) is 7.71. The van der Waals surface area contributed by atoms with Gasteiger partial charge in [0.2, 0.25) is 17.5 Å². The van der Waals surface area contributed by atoms with E-state index in [-0.39, 0.29) is 5.78 Å². The highest BCUT2D eigenvalue weighted by Gasteiger charge is 2.24. The molecule has 0 spiro atoms. The fourth-order valence-corrected chi connectivity index (χ4v) is 4.41. The summed E-state index contributed by atoms with van der Waals surface area (Å²) in [6.45, 7) is 1.82. The van der Waals surface area contributed by atoms with Gasteiger partial charge in [-0.15, -0.1) is 11.3 Å². The summed E-state index contributed by atoms with van der Waals surface area (Å²) in [5.74, 6) is 1.74. The van der Waals surface area contributed by atoms with E-state index in [1.807, 2.05) is 11.4 Å². The van der Waals surface area contributed by atoms with E-state index in [0.717, 1.165) is 36.1 Å². The number of nitrogens with zero attached hydrogens (tertiary/aromatic N) is 3. The van der Waals surface area contributed by atoms with E-state index in [2.05, 4.69) is 9.88 Å². The van der Waals surface area contributed by atoms with Gasteiger partial charge in [-0.05, 0) is 42.8 Å². The van der Waals surface area contributed by atoms with Crippen LogP contribution in [0.4, 0.5) is 5.95 Å². The number of carbonyl (C=O) groups is 1. The van der Waals surface area contributed by atoms with Gasteiger partial charge in [0.25, 0.3) is 0 Å². The number of benzene rings is 1. The predicted molar refractivity (Wildman–Crippen MR) is 113 cm³/mol. The summed E-state index contributed by atoms with van der Waals surface area (Å²) >= 11 is 1.47. The van der Waals surface area contributed by atoms with Gasteiger partial charge < -0.3 is 19.1 Å². The van der Waals surface area contributed by atoms with Crippen molar-refractivity contribution >= 4 is 33.3 Å². The number of ether oxygens (including phenoxy) is 3. The van der Waals surface area contributed by atoms with E-state index in [0.29, 0.717) is 34.5 Å². The minimum absolute atomic E-state index is 0.197. The van der Waals surface area contributed by atoms with Gasteiger partial charge in [0.05, 0.1) is 31.5 Å². The van der Waals surface area contributed by atoms with Gasteiger partial charge in [-0.3, -0.25) is 4.79 Å². The predicted octanol–water partition coefficient (Wildman–Crippen LogP) is 3.94. The number of piperidine rings is 1. The van der Waals surface area contributed by atoms with Crippen molar-refractivity contribution in [1.29, 1.82) is 0 Å². The molecule has 3 heterocycles. The molecule has 0 bridgehead atoms. The van der Waals surface area contributed by atoms with Crippen molar-refractivity contribution in [1.82, 2.24) is 9.97 Å². The monoisotopic (exact) mass is 413 g/mol. The van der Waals surface area contributed by atoms with Crippen molar-refractivity contribution in [3.8, 4) is 17.2 Å². The first-order chi connectivity index (χ1) is 14.2. The van der Waals surface area contributed by atoms with E-state index in [1.165, 1.54) is 39.1 Å². The molecule has 0 atom stereocenters. The van der Waals surface area contributed by atoms with Crippen LogP contribution in [0, 0.1) is 0 Å². The average Bonchev–Trinajstić information content (AvgIpc) is 3.26. The van der Waals surface area contributed by atoms with E-state index in [9.17, 15) is 4.79 Å². The zero-order chi connectivity index (χ0) is 20.4. The molecule has 8 heteroatoms. The molecule has 0 N–H and O–H groups in total. The van der Waals surface area contributed by atoms with Crippen LogP contribution >= 0.6 is 11.3 Å². The van der Waals surface area contributed by atoms with Crippen molar-refractivity contribution < 1.29 is 19.0 Å². The van der Waals surface area contributed by atoms with Gasteiger partial charge in [0.1, 0.15) is 5.69 Å². The third kappa shape index (κ3) is 3.60. The molecular weight excluding hydrogens is 390 g/mol. The summed E-state index contributed by atoms with van der Waals surface area (Å²) in [4.78, 5) is 25.0. The maximum Gasteiger partial charge on any atom is 0.226 e. The summed E-state index contributed by atoms with van der Waals surface area (Å²) in [6.07, 6.45) is 3.44. The normalized spacial score (nSPS) is 14.1. The van der Waals surface area contributed by atoms with E-state index in [1.54, 1.807) is 12.1 Å². The fraction of sp³-hybridized carbons (Fsp3) is 0.381. The van der Waals surface area contributed by atoms with Crippen molar-refractivity contribution in [3.63, 3.8) is 0 Å². The van der Waals surface area contributed by atoms with Crippen molar-refractivity contribution in [2.24, 2.45) is 0 Å². The molecule has 0 amide bonds. The molecule has 1 fully saturated rings. The minimum atomic E-state index is -0.197. The summed E-state index contributed by atoms with van der Waals surface area (Å²) in [5, 5.41) is 1.94. The van der Waals surface area contributed by atoms with E-state index < -0.39 is 0 Å². The van der Waals surface area contributed by atoms with Crippen molar-refractivity contribution in [2.45, 2.75) is 19.3 Å². The number of aromatic nitrogens is 2. The van der Waals surface area contributed by atoms with Crippen LogP contribution in [0.2, 0.25) is 0 Å². The maximum atomic E-state index is 13.5. The second kappa shape index (κ2) is 8.24. The lowest BCUT2D eigenvalue weighted by atomic mass is 10.1. The molecule has 3 aromatic rings. The molecule has 0 unspecified atom stereocenters. The van der Waals surface area contributed by atoms with Crippen LogP contribution in [0.3, 0.4) is 0 Å². The molecule has 1 aliphatic heterocycles. The smallest absolute Gasteiger partial charge is 0.226 e. The molecule has 29 heavy (non-hydrogen) atoms. The number of fused-ring (bicyclic) bond motifs is 1. The SMILES string of the molecule is COc1cc(C(=O)c2nc(N3CCCCC3)nc3ccsc23)cc(OC)c1OC. The van der Waals surface area contributed by atoms with Crippen LogP contribution in [0.25, 0.3) is 10.2 Å². The van der Waals surface area contributed by atoms with Crippen LogP contribution in [0.1, 0.15) is 35.3 Å². The molecule has 4 rings (SSSR count). The van der Waals surface area contributed by atoms with Gasteiger partial charge in [0.15, 0.2) is 11.5 Å². The number of methoxy groups -OCH3 is 3. The number of anilines is 1. The minimum Gasteiger partial charge on any atom is -0.493 e. The molecule has 0 saturated carbocycles. The molecule has 1 aliphatic rings. The average molecular weight is 413 g/mol. The number of hydrogen-bond acceptors (Lipinski definition) is 8. The molecular formula is C21H23N3O4S. The zero-order valence-corrected chi connectivity index (χ0v) is 17.5. The first-order valence-corrected chi connectivity index (χ1v) is 10.4. The molecule has 2 aromatic heterocycles. The largest absolute Gasteiger partial charge is 0.493 e. The first kappa shape index (κ1) is 19.4. The lowest BCUT2D eigenvalue weighted by Crippen LogP contribution is -2.31. The summed E-state index contributed by atoms with van der Waals surface area (Å²) < 4.78 is 16.9. The van der Waals surface area contributed by atoms with Crippen molar-refractivity contribution in [2.75, 3.05) is 39.3 Å². The summed E-state index contributed by atoms with van der Waals surface area (Å²) in [6, 6.07) is 5.25. The molecule has 152 valence electrons. The summed E-state index contributed by atoms with van der Waals surface area (Å²) in [5.41, 5.74) is 1.62. The molecule has 0 aliphatic carbocycles. The Bertz CT molecular complexity index is 1020. The van der Waals surface area contributed by atoms with Crippen LogP contribution in [0.15, 0.2) is 23.6 Å². The zero-order valence-electron chi connectivity index (χ0n) is 16.7. The topological polar surface area (TPSA) is 73.8 Å². The van der Waals surface area contributed by atoms with E-state index >= 15 is 0 Å². The first-order valence-electron chi connectivity index (χ1n) is 9.51.